The summed E-state index contributed by atoms with van der Waals surface area (Å²) in [4.78, 5) is 26.0. The minimum atomic E-state index is -1.09. The Hall–Kier alpha value is -4.19. The molecule has 0 aliphatic heterocycles. The number of carbonyl (C=O) groups is 1. The summed E-state index contributed by atoms with van der Waals surface area (Å²) in [5.41, 5.74) is 4.84. The molecule has 2 unspecified atom stereocenters. The van der Waals surface area contributed by atoms with E-state index in [1.165, 1.54) is 17.4 Å². The van der Waals surface area contributed by atoms with Gasteiger partial charge >= 0.3 is 5.63 Å². The van der Waals surface area contributed by atoms with Crippen LogP contribution in [0.15, 0.2) is 68.3 Å². The van der Waals surface area contributed by atoms with Crippen LogP contribution in [0, 0.1) is 39.9 Å². The van der Waals surface area contributed by atoms with Crippen molar-refractivity contribution in [3.05, 3.63) is 80.0 Å². The summed E-state index contributed by atoms with van der Waals surface area (Å²) in [6.45, 7) is 0. The fourth-order valence-corrected chi connectivity index (χ4v) is 4.00. The van der Waals surface area contributed by atoms with Crippen LogP contribution in [0.25, 0.3) is 11.0 Å². The van der Waals surface area contributed by atoms with Gasteiger partial charge in [0.05, 0.1) is 17.7 Å². The molecule has 2 heterocycles. The van der Waals surface area contributed by atoms with Crippen LogP contribution >= 0.6 is 11.3 Å². The zero-order chi connectivity index (χ0) is 21.7. The number of hydrogen-bond donors (Lipinski definition) is 1. The number of nitrogens with two attached hydrogens (primary N) is 1. The maximum absolute atomic E-state index is 13.0. The Balaban J connectivity index is 2.04. The zero-order valence-corrected chi connectivity index (χ0v) is 16.3. The summed E-state index contributed by atoms with van der Waals surface area (Å²) < 4.78 is 5.23. The number of para-hydroxylation sites is 1. The van der Waals surface area contributed by atoms with Gasteiger partial charge in [0.2, 0.25) is 0 Å². The summed E-state index contributed by atoms with van der Waals surface area (Å²) in [5, 5.41) is 30.3. The highest BCUT2D eigenvalue weighted by atomic mass is 32.1. The van der Waals surface area contributed by atoms with Crippen LogP contribution in [0.2, 0.25) is 0 Å². The van der Waals surface area contributed by atoms with Gasteiger partial charge in [0.15, 0.2) is 5.78 Å². The van der Waals surface area contributed by atoms with Crippen LogP contribution < -0.4 is 11.4 Å². The molecule has 30 heavy (non-hydrogen) atoms. The molecule has 3 rings (SSSR count). The topological polar surface area (TPSA) is 145 Å². The van der Waals surface area contributed by atoms with Gasteiger partial charge in [-0.15, -0.1) is 11.3 Å². The van der Waals surface area contributed by atoms with Crippen LogP contribution in [-0.2, 0) is 0 Å². The number of thiophene rings is 1. The average Bonchev–Trinajstić information content (AvgIpc) is 3.28. The fraction of sp³-hybridized carbons (Fsp3) is 0.136. The number of carbonyl (C=O) groups excluding carboxylic acids is 1. The van der Waals surface area contributed by atoms with Gasteiger partial charge in [-0.1, -0.05) is 24.3 Å². The number of nitriles is 3. The number of rotatable bonds is 6. The van der Waals surface area contributed by atoms with Gasteiger partial charge in [-0.05, 0) is 23.6 Å². The number of hydrogen-bond acceptors (Lipinski definition) is 8. The Bertz CT molecular complexity index is 1300. The first-order valence-corrected chi connectivity index (χ1v) is 9.67. The Morgan fingerprint density at radius 1 is 1.13 bits per heavy atom. The Morgan fingerprint density at radius 2 is 1.87 bits per heavy atom. The Labute approximate surface area is 175 Å². The number of ketones is 1. The van der Waals surface area contributed by atoms with E-state index in [1.54, 1.807) is 53.9 Å². The van der Waals surface area contributed by atoms with Gasteiger partial charge in [0.25, 0.3) is 0 Å². The fourth-order valence-electron chi connectivity index (χ4n) is 3.14. The van der Waals surface area contributed by atoms with E-state index in [2.05, 4.69) is 0 Å². The standard InChI is InChI=1S/C22H14N4O3S/c23-10-14(11-24)21(26)17(12-25)15(20-6-3-7-30-20)9-18(27)16-8-13-4-1-2-5-19(13)29-22(16)28/h1-8,15,17H,9,26H2. The van der Waals surface area contributed by atoms with E-state index in [0.717, 1.165) is 0 Å². The second-order valence-corrected chi connectivity index (χ2v) is 7.37. The van der Waals surface area contributed by atoms with Gasteiger partial charge in [0.1, 0.15) is 28.9 Å². The number of allylic oxidation sites excluding steroid dienone is 2. The van der Waals surface area contributed by atoms with E-state index in [9.17, 15) is 14.9 Å². The molecule has 0 bridgehead atoms. The van der Waals surface area contributed by atoms with Crippen LogP contribution in [0.5, 0.6) is 0 Å². The van der Waals surface area contributed by atoms with Crippen molar-refractivity contribution in [3.8, 4) is 18.2 Å². The molecule has 2 atom stereocenters. The predicted molar refractivity (Wildman–Crippen MR) is 110 cm³/mol. The second kappa shape index (κ2) is 8.87. The number of fused-ring (bicyclic) bond motifs is 1. The van der Waals surface area contributed by atoms with Gasteiger partial charge in [-0.25, -0.2) is 4.79 Å². The normalized spacial score (nSPS) is 12.2. The lowest BCUT2D eigenvalue weighted by atomic mass is 9.83. The van der Waals surface area contributed by atoms with Crippen molar-refractivity contribution >= 4 is 28.1 Å². The first-order valence-electron chi connectivity index (χ1n) is 8.79. The summed E-state index contributed by atoms with van der Waals surface area (Å²) in [6, 6.07) is 17.1. The lowest BCUT2D eigenvalue weighted by molar-refractivity contribution is 0.0967. The molecule has 0 fully saturated rings. The van der Waals surface area contributed by atoms with Gasteiger partial charge < -0.3 is 10.2 Å². The third kappa shape index (κ3) is 3.98. The maximum Gasteiger partial charge on any atom is 0.347 e. The van der Waals surface area contributed by atoms with Crippen molar-refractivity contribution < 1.29 is 9.21 Å². The average molecular weight is 414 g/mol. The second-order valence-electron chi connectivity index (χ2n) is 6.40. The van der Waals surface area contributed by atoms with Crippen molar-refractivity contribution in [2.45, 2.75) is 12.3 Å². The SMILES string of the molecule is N#CC(C#N)=C(N)C(C#N)C(CC(=O)c1cc2ccccc2oc1=O)c1cccs1. The molecule has 2 aromatic heterocycles. The lowest BCUT2D eigenvalue weighted by Crippen LogP contribution is -2.24. The highest BCUT2D eigenvalue weighted by Crippen LogP contribution is 2.35. The van der Waals surface area contributed by atoms with Crippen molar-refractivity contribution in [2.24, 2.45) is 11.7 Å². The maximum atomic E-state index is 13.0. The number of Topliss-reactive ketones (excluding diaryl/α,β-unsaturated/α-hetero) is 1. The smallest absolute Gasteiger partial charge is 0.347 e. The molecule has 8 heteroatoms. The molecule has 1 aromatic carbocycles. The molecule has 2 N–H and O–H groups in total. The van der Waals surface area contributed by atoms with Crippen molar-refractivity contribution in [1.29, 1.82) is 15.8 Å². The van der Waals surface area contributed by atoms with Crippen LogP contribution in [-0.4, -0.2) is 5.78 Å². The van der Waals surface area contributed by atoms with Gasteiger partial charge in [-0.2, -0.15) is 15.8 Å². The van der Waals surface area contributed by atoms with E-state index in [4.69, 9.17) is 20.7 Å². The van der Waals surface area contributed by atoms with E-state index < -0.39 is 23.2 Å². The molecule has 146 valence electrons. The van der Waals surface area contributed by atoms with Crippen LogP contribution in [0.1, 0.15) is 27.6 Å². The molecule has 0 aliphatic rings. The molecule has 0 saturated carbocycles. The molecule has 0 aliphatic carbocycles. The van der Waals surface area contributed by atoms with Gasteiger partial charge in [-0.3, -0.25) is 4.79 Å². The first-order chi connectivity index (χ1) is 14.5. The lowest BCUT2D eigenvalue weighted by Gasteiger charge is -2.21. The highest BCUT2D eigenvalue weighted by molar-refractivity contribution is 7.10. The molecule has 7 nitrogen and oxygen atoms in total. The van der Waals surface area contributed by atoms with Crippen molar-refractivity contribution in [1.82, 2.24) is 0 Å². The van der Waals surface area contributed by atoms with Gasteiger partial charge in [0, 0.05) is 22.6 Å². The number of nitrogens with zero attached hydrogens (tertiary/aromatic N) is 3. The molecule has 0 amide bonds. The minimum absolute atomic E-state index is 0.129. The number of benzene rings is 1. The molecular weight excluding hydrogens is 400 g/mol. The molecule has 3 aromatic rings. The summed E-state index contributed by atoms with van der Waals surface area (Å²) in [7, 11) is 0. The third-order valence-corrected chi connectivity index (χ3v) is 5.65. The summed E-state index contributed by atoms with van der Waals surface area (Å²) in [6.07, 6.45) is -0.216. The zero-order valence-electron chi connectivity index (χ0n) is 15.5. The first kappa shape index (κ1) is 20.5. The van der Waals surface area contributed by atoms with Crippen LogP contribution in [0.4, 0.5) is 0 Å². The highest BCUT2D eigenvalue weighted by Gasteiger charge is 2.31. The van der Waals surface area contributed by atoms with Crippen LogP contribution in [0.3, 0.4) is 0 Å². The van der Waals surface area contributed by atoms with Crippen molar-refractivity contribution in [2.75, 3.05) is 0 Å². The van der Waals surface area contributed by atoms with E-state index in [0.29, 0.717) is 15.8 Å². The summed E-state index contributed by atoms with van der Waals surface area (Å²) >= 11 is 1.31. The Morgan fingerprint density at radius 3 is 2.50 bits per heavy atom. The molecule has 0 radical (unpaired) electrons. The largest absolute Gasteiger partial charge is 0.422 e. The Kier molecular flexibility index (Phi) is 6.08. The quantitative estimate of drug-likeness (QED) is 0.368. The molecular formula is C22H14N4O3S. The molecule has 0 saturated heterocycles. The minimum Gasteiger partial charge on any atom is -0.422 e. The van der Waals surface area contributed by atoms with E-state index in [1.807, 2.05) is 6.07 Å². The third-order valence-electron chi connectivity index (χ3n) is 4.64. The molecule has 0 spiro atoms. The van der Waals surface area contributed by atoms with Crippen molar-refractivity contribution in [3.63, 3.8) is 0 Å². The predicted octanol–water partition coefficient (Wildman–Crippen LogP) is 3.61. The summed E-state index contributed by atoms with van der Waals surface area (Å²) in [5.74, 6) is -2.34. The van der Waals surface area contributed by atoms with E-state index >= 15 is 0 Å². The monoisotopic (exact) mass is 414 g/mol. The van der Waals surface area contributed by atoms with E-state index in [-0.39, 0.29) is 23.3 Å².